The second-order valence-corrected chi connectivity index (χ2v) is 7.24. The lowest BCUT2D eigenvalue weighted by Crippen LogP contribution is -2.46. The highest BCUT2D eigenvalue weighted by Crippen LogP contribution is 2.25. The van der Waals surface area contributed by atoms with Gasteiger partial charge in [0.05, 0.1) is 17.4 Å². The number of piperazine rings is 1. The smallest absolute Gasteiger partial charge is 0.209 e. The van der Waals surface area contributed by atoms with Crippen molar-refractivity contribution in [2.24, 2.45) is 0 Å². The Balaban J connectivity index is 1.50. The summed E-state index contributed by atoms with van der Waals surface area (Å²) in [6.45, 7) is 2.59. The van der Waals surface area contributed by atoms with Gasteiger partial charge >= 0.3 is 0 Å². The van der Waals surface area contributed by atoms with E-state index in [-0.39, 0.29) is 22.9 Å². The van der Waals surface area contributed by atoms with E-state index in [1.54, 1.807) is 27.7 Å². The predicted molar refractivity (Wildman–Crippen MR) is 107 cm³/mol. The van der Waals surface area contributed by atoms with Gasteiger partial charge in [0.25, 0.3) is 0 Å². The zero-order valence-corrected chi connectivity index (χ0v) is 16.0. The van der Waals surface area contributed by atoms with Gasteiger partial charge in [-0.3, -0.25) is 9.78 Å². The fraction of sp³-hybridized carbons (Fsp3) is 0.238. The fourth-order valence-electron chi connectivity index (χ4n) is 3.79. The Bertz CT molecular complexity index is 1250. The number of benzene rings is 1. The van der Waals surface area contributed by atoms with E-state index in [0.717, 1.165) is 12.2 Å². The number of fused-ring (bicyclic) bond motifs is 2. The molecule has 1 amide bonds. The van der Waals surface area contributed by atoms with E-state index in [4.69, 9.17) is 0 Å². The van der Waals surface area contributed by atoms with Crippen LogP contribution < -0.4 is 4.90 Å². The zero-order chi connectivity index (χ0) is 20.7. The molecule has 0 saturated carbocycles. The monoisotopic (exact) mass is 408 g/mol. The summed E-state index contributed by atoms with van der Waals surface area (Å²) in [6.07, 6.45) is 3.96. The summed E-state index contributed by atoms with van der Waals surface area (Å²) in [5.41, 5.74) is 1.43. The number of hydrogen-bond acceptors (Lipinski definition) is 5. The second kappa shape index (κ2) is 7.33. The van der Waals surface area contributed by atoms with E-state index >= 15 is 0 Å². The normalized spacial score (nSPS) is 14.6. The number of anilines is 1. The van der Waals surface area contributed by atoms with Crippen LogP contribution in [-0.4, -0.2) is 57.1 Å². The lowest BCUT2D eigenvalue weighted by Gasteiger charge is -2.33. The van der Waals surface area contributed by atoms with Crippen LogP contribution in [0.15, 0.2) is 42.7 Å². The molecular formula is C21H18F2N6O. The molecule has 1 saturated heterocycles. The lowest BCUT2D eigenvalue weighted by atomic mass is 10.0. The van der Waals surface area contributed by atoms with E-state index in [1.165, 1.54) is 12.3 Å². The molecule has 4 heterocycles. The van der Waals surface area contributed by atoms with Crippen LogP contribution in [0.5, 0.6) is 0 Å². The number of amides is 1. The quantitative estimate of drug-likeness (QED) is 0.485. The SMILES string of the molecule is O=CN1CCN(c2ccc3ncc(Cc4c(F)cc5ncccc5c4F)n3n2)CC1. The van der Waals surface area contributed by atoms with E-state index in [1.807, 2.05) is 12.1 Å². The second-order valence-electron chi connectivity index (χ2n) is 7.24. The van der Waals surface area contributed by atoms with Crippen molar-refractivity contribution in [1.82, 2.24) is 24.5 Å². The minimum atomic E-state index is -0.644. The fourth-order valence-corrected chi connectivity index (χ4v) is 3.79. The van der Waals surface area contributed by atoms with E-state index < -0.39 is 11.6 Å². The van der Waals surface area contributed by atoms with Crippen molar-refractivity contribution in [2.45, 2.75) is 6.42 Å². The molecule has 0 aliphatic carbocycles. The Morgan fingerprint density at radius 2 is 1.90 bits per heavy atom. The zero-order valence-electron chi connectivity index (χ0n) is 16.0. The van der Waals surface area contributed by atoms with Crippen molar-refractivity contribution >= 4 is 28.8 Å². The minimum Gasteiger partial charge on any atom is -0.352 e. The van der Waals surface area contributed by atoms with Gasteiger partial charge in [0.1, 0.15) is 17.5 Å². The lowest BCUT2D eigenvalue weighted by molar-refractivity contribution is -0.118. The maximum absolute atomic E-state index is 15.0. The molecule has 30 heavy (non-hydrogen) atoms. The summed E-state index contributed by atoms with van der Waals surface area (Å²) in [5.74, 6) is -0.528. The van der Waals surface area contributed by atoms with E-state index in [0.29, 0.717) is 37.5 Å². The first-order valence-corrected chi connectivity index (χ1v) is 9.63. The number of nitrogens with zero attached hydrogens (tertiary/aromatic N) is 6. The summed E-state index contributed by atoms with van der Waals surface area (Å²) >= 11 is 0. The third-order valence-corrected chi connectivity index (χ3v) is 5.46. The Labute approximate surface area is 170 Å². The average molecular weight is 408 g/mol. The Kier molecular flexibility index (Phi) is 4.50. The van der Waals surface area contributed by atoms with Crippen LogP contribution in [0, 0.1) is 11.6 Å². The van der Waals surface area contributed by atoms with Crippen molar-refractivity contribution in [2.75, 3.05) is 31.1 Å². The van der Waals surface area contributed by atoms with Crippen LogP contribution in [0.3, 0.4) is 0 Å². The molecule has 0 atom stereocenters. The van der Waals surface area contributed by atoms with Gasteiger partial charge < -0.3 is 9.80 Å². The molecule has 0 bridgehead atoms. The van der Waals surface area contributed by atoms with Crippen LogP contribution >= 0.6 is 0 Å². The van der Waals surface area contributed by atoms with Crippen molar-refractivity contribution in [3.63, 3.8) is 0 Å². The van der Waals surface area contributed by atoms with Crippen molar-refractivity contribution in [3.8, 4) is 0 Å². The number of aromatic nitrogens is 4. The summed E-state index contributed by atoms with van der Waals surface area (Å²) in [5, 5.41) is 4.93. The largest absolute Gasteiger partial charge is 0.352 e. The van der Waals surface area contributed by atoms with Crippen LogP contribution in [-0.2, 0) is 11.2 Å². The van der Waals surface area contributed by atoms with Gasteiger partial charge in [-0.1, -0.05) is 0 Å². The molecular weight excluding hydrogens is 390 g/mol. The molecule has 5 rings (SSSR count). The first-order chi connectivity index (χ1) is 14.6. The number of halogens is 2. The van der Waals surface area contributed by atoms with Gasteiger partial charge in [-0.15, -0.1) is 5.10 Å². The highest BCUT2D eigenvalue weighted by Gasteiger charge is 2.20. The van der Waals surface area contributed by atoms with Gasteiger partial charge in [-0.2, -0.15) is 0 Å². The molecule has 0 unspecified atom stereocenters. The third kappa shape index (κ3) is 3.12. The van der Waals surface area contributed by atoms with Gasteiger partial charge in [0.2, 0.25) is 6.41 Å². The van der Waals surface area contributed by atoms with Crippen molar-refractivity contribution in [1.29, 1.82) is 0 Å². The number of carbonyl (C=O) groups is 1. The van der Waals surface area contributed by atoms with E-state index in [2.05, 4.69) is 20.0 Å². The molecule has 152 valence electrons. The molecule has 0 spiro atoms. The first kappa shape index (κ1) is 18.4. The summed E-state index contributed by atoms with van der Waals surface area (Å²) in [6, 6.07) is 8.16. The Hall–Kier alpha value is -3.62. The molecule has 0 N–H and O–H groups in total. The van der Waals surface area contributed by atoms with Crippen molar-refractivity contribution in [3.05, 3.63) is 65.6 Å². The topological polar surface area (TPSA) is 66.6 Å². The predicted octanol–water partition coefficient (Wildman–Crippen LogP) is 2.42. The molecule has 9 heteroatoms. The summed E-state index contributed by atoms with van der Waals surface area (Å²) in [7, 11) is 0. The molecule has 1 aliphatic rings. The number of pyridine rings is 1. The van der Waals surface area contributed by atoms with E-state index in [9.17, 15) is 13.6 Å². The maximum Gasteiger partial charge on any atom is 0.209 e. The molecule has 3 aromatic heterocycles. The van der Waals surface area contributed by atoms with Crippen LogP contribution in [0.1, 0.15) is 11.3 Å². The van der Waals surface area contributed by atoms with Gasteiger partial charge in [-0.25, -0.2) is 18.3 Å². The molecule has 1 aromatic carbocycles. The first-order valence-electron chi connectivity index (χ1n) is 9.63. The average Bonchev–Trinajstić information content (AvgIpc) is 3.18. The van der Waals surface area contributed by atoms with Gasteiger partial charge in [0.15, 0.2) is 5.65 Å². The number of rotatable bonds is 4. The highest BCUT2D eigenvalue weighted by atomic mass is 19.1. The standard InChI is InChI=1S/C21H18F2N6O/c22-17-11-18-15(2-1-5-24-18)21(23)16(17)10-14-12-25-19-3-4-20(26-29(14)19)28-8-6-27(13-30)7-9-28/h1-5,11-13H,6-10H2. The van der Waals surface area contributed by atoms with Gasteiger partial charge in [-0.05, 0) is 24.3 Å². The maximum atomic E-state index is 15.0. The highest BCUT2D eigenvalue weighted by molar-refractivity contribution is 5.80. The number of hydrogen-bond donors (Lipinski definition) is 0. The summed E-state index contributed by atoms with van der Waals surface area (Å²) < 4.78 is 31.3. The summed E-state index contributed by atoms with van der Waals surface area (Å²) in [4.78, 5) is 23.1. The Morgan fingerprint density at radius 3 is 2.70 bits per heavy atom. The third-order valence-electron chi connectivity index (χ3n) is 5.46. The van der Waals surface area contributed by atoms with Crippen LogP contribution in [0.2, 0.25) is 0 Å². The van der Waals surface area contributed by atoms with Crippen LogP contribution in [0.4, 0.5) is 14.6 Å². The minimum absolute atomic E-state index is 0.0129. The van der Waals surface area contributed by atoms with Crippen LogP contribution in [0.25, 0.3) is 16.6 Å². The molecule has 1 aliphatic heterocycles. The number of carbonyl (C=O) groups excluding carboxylic acids is 1. The Morgan fingerprint density at radius 1 is 1.07 bits per heavy atom. The van der Waals surface area contributed by atoms with Crippen molar-refractivity contribution < 1.29 is 13.6 Å². The van der Waals surface area contributed by atoms with Gasteiger partial charge in [0, 0.05) is 55.8 Å². The molecule has 0 radical (unpaired) electrons. The molecule has 7 nitrogen and oxygen atoms in total. The number of imidazole rings is 1. The molecule has 1 fully saturated rings. The molecule has 4 aromatic rings.